The molecule has 11 nitrogen and oxygen atoms in total. The molecule has 0 bridgehead atoms. The molecule has 1 aliphatic rings. The lowest BCUT2D eigenvalue weighted by molar-refractivity contribution is -0.143. The molecule has 1 rings (SSSR count). The van der Waals surface area contributed by atoms with E-state index in [1.807, 2.05) is 46.6 Å². The average molecular weight is 634 g/mol. The topological polar surface area (TPSA) is 140 Å². The number of amides is 3. The minimum absolute atomic E-state index is 0.00671. The molecule has 1 aliphatic heterocycles. The first-order valence-corrected chi connectivity index (χ1v) is 16.5. The molecule has 11 heteroatoms. The third-order valence-electron chi connectivity index (χ3n) is 7.29. The predicted molar refractivity (Wildman–Crippen MR) is 183 cm³/mol. The number of hydrogen-bond acceptors (Lipinski definition) is 8. The SMILES string of the molecule is CC.CCC.CCC(C)C(C(CC(=O)N1CCCC1CC(C)C=O)OC)N(C)C(=O)CNC(=O)C(C)NC.CCNC.CO. The van der Waals surface area contributed by atoms with E-state index in [2.05, 4.69) is 36.7 Å². The Balaban J connectivity index is -0.000000634. The Labute approximate surface area is 270 Å². The van der Waals surface area contributed by atoms with Gasteiger partial charge in [0, 0.05) is 39.8 Å². The molecule has 1 fully saturated rings. The number of carbonyl (C=O) groups excluding carboxylic acids is 4. The number of aldehydes is 1. The van der Waals surface area contributed by atoms with Crippen molar-refractivity contribution < 1.29 is 29.0 Å². The number of methoxy groups -OCH3 is 1. The molecule has 0 saturated carbocycles. The van der Waals surface area contributed by atoms with Crippen LogP contribution in [0.15, 0.2) is 0 Å². The van der Waals surface area contributed by atoms with Crippen LogP contribution < -0.4 is 16.0 Å². The maximum atomic E-state index is 13.2. The van der Waals surface area contributed by atoms with Gasteiger partial charge >= 0.3 is 0 Å². The first-order valence-electron chi connectivity index (χ1n) is 16.5. The third-order valence-corrected chi connectivity index (χ3v) is 7.29. The number of nitrogens with one attached hydrogen (secondary N) is 3. The smallest absolute Gasteiger partial charge is 0.242 e. The highest BCUT2D eigenvalue weighted by molar-refractivity contribution is 5.87. The molecule has 0 aromatic heterocycles. The standard InChI is InChI=1S/C24H44N4O5.C3H9N.C3H8.C2H6.CH4O/c1-8-17(3)23(27(6)22(31)14-26-24(32)18(4)25-5)20(33-7)13-21(30)28-11-9-10-19(28)12-16(2)15-29;1-3-4-2;1-3-2;2*1-2/h15-20,23,25H,8-14H2,1-7H3,(H,26,32);4H,3H2,1-2H3;3H2,1-2H3;1-2H3;2H,1H3. The monoisotopic (exact) mass is 634 g/mol. The van der Waals surface area contributed by atoms with Crippen molar-refractivity contribution in [3.63, 3.8) is 0 Å². The van der Waals surface area contributed by atoms with Gasteiger partial charge in [0.1, 0.15) is 6.29 Å². The lowest BCUT2D eigenvalue weighted by atomic mass is 9.90. The fourth-order valence-corrected chi connectivity index (χ4v) is 4.50. The fraction of sp³-hybridized carbons (Fsp3) is 0.879. The van der Waals surface area contributed by atoms with Gasteiger partial charge < -0.3 is 40.4 Å². The molecule has 0 aromatic carbocycles. The molecule has 0 spiro atoms. The van der Waals surface area contributed by atoms with Gasteiger partial charge in [-0.05, 0) is 52.7 Å². The normalized spacial score (nSPS) is 16.7. The van der Waals surface area contributed by atoms with E-state index in [9.17, 15) is 19.2 Å². The third kappa shape index (κ3) is 20.8. The number of likely N-dealkylation sites (tertiary alicyclic amines) is 1. The van der Waals surface area contributed by atoms with Gasteiger partial charge in [0.15, 0.2) is 0 Å². The van der Waals surface area contributed by atoms with Crippen LogP contribution >= 0.6 is 0 Å². The van der Waals surface area contributed by atoms with Crippen molar-refractivity contribution in [1.82, 2.24) is 25.8 Å². The summed E-state index contributed by atoms with van der Waals surface area (Å²) in [7, 11) is 7.88. The number of likely N-dealkylation sites (N-methyl/N-ethyl adjacent to an activating group) is 2. The molecule has 264 valence electrons. The highest BCUT2D eigenvalue weighted by Gasteiger charge is 2.37. The Morgan fingerprint density at radius 2 is 1.59 bits per heavy atom. The van der Waals surface area contributed by atoms with E-state index in [1.165, 1.54) is 6.42 Å². The van der Waals surface area contributed by atoms with Crippen molar-refractivity contribution in [1.29, 1.82) is 0 Å². The first-order chi connectivity index (χ1) is 20.9. The number of rotatable bonds is 15. The highest BCUT2D eigenvalue weighted by atomic mass is 16.5. The molecule has 44 heavy (non-hydrogen) atoms. The molecule has 0 aliphatic carbocycles. The summed E-state index contributed by atoms with van der Waals surface area (Å²) in [4.78, 5) is 52.7. The van der Waals surface area contributed by atoms with Gasteiger partial charge in [-0.25, -0.2) is 0 Å². The summed E-state index contributed by atoms with van der Waals surface area (Å²) in [5, 5.41) is 15.4. The van der Waals surface area contributed by atoms with Crippen molar-refractivity contribution >= 4 is 24.0 Å². The zero-order valence-electron chi connectivity index (χ0n) is 30.8. The van der Waals surface area contributed by atoms with Gasteiger partial charge in [-0.15, -0.1) is 0 Å². The number of ether oxygens (including phenoxy) is 1. The molecule has 1 heterocycles. The van der Waals surface area contributed by atoms with Gasteiger partial charge in [0.2, 0.25) is 17.7 Å². The van der Waals surface area contributed by atoms with E-state index in [0.29, 0.717) is 13.0 Å². The Morgan fingerprint density at radius 3 is 2.00 bits per heavy atom. The van der Waals surface area contributed by atoms with E-state index >= 15 is 0 Å². The first kappa shape index (κ1) is 48.8. The number of hydrogen-bond donors (Lipinski definition) is 4. The summed E-state index contributed by atoms with van der Waals surface area (Å²) in [6.45, 7) is 19.6. The number of aliphatic hydroxyl groups is 1. The average Bonchev–Trinajstić information content (AvgIpc) is 3.52. The minimum Gasteiger partial charge on any atom is -0.400 e. The second-order valence-corrected chi connectivity index (χ2v) is 10.7. The Morgan fingerprint density at radius 1 is 1.07 bits per heavy atom. The molecule has 3 amide bonds. The van der Waals surface area contributed by atoms with Crippen LogP contribution in [0.25, 0.3) is 0 Å². The largest absolute Gasteiger partial charge is 0.400 e. The summed E-state index contributed by atoms with van der Waals surface area (Å²) in [6.07, 6.45) is 5.19. The van der Waals surface area contributed by atoms with Gasteiger partial charge in [-0.3, -0.25) is 14.4 Å². The summed E-state index contributed by atoms with van der Waals surface area (Å²) in [5.41, 5.74) is 0. The second kappa shape index (κ2) is 32.3. The number of carbonyl (C=O) groups is 4. The zero-order valence-corrected chi connectivity index (χ0v) is 30.8. The van der Waals surface area contributed by atoms with Crippen molar-refractivity contribution in [3.8, 4) is 0 Å². The maximum absolute atomic E-state index is 13.2. The lowest BCUT2D eigenvalue weighted by Crippen LogP contribution is -2.53. The summed E-state index contributed by atoms with van der Waals surface area (Å²) in [5.74, 6) is -0.479. The predicted octanol–water partition coefficient (Wildman–Crippen LogP) is 3.48. The Kier molecular flexibility index (Phi) is 35.9. The van der Waals surface area contributed by atoms with Crippen molar-refractivity contribution in [3.05, 3.63) is 0 Å². The molecule has 0 radical (unpaired) electrons. The molecule has 4 N–H and O–H groups in total. The van der Waals surface area contributed by atoms with E-state index in [-0.39, 0.29) is 54.6 Å². The summed E-state index contributed by atoms with van der Waals surface area (Å²) >= 11 is 0. The lowest BCUT2D eigenvalue weighted by Gasteiger charge is -2.38. The minimum atomic E-state index is -0.474. The number of aliphatic hydroxyl groups excluding tert-OH is 1. The zero-order chi connectivity index (χ0) is 35.3. The van der Waals surface area contributed by atoms with Crippen molar-refractivity contribution in [2.75, 3.05) is 55.0 Å². The summed E-state index contributed by atoms with van der Waals surface area (Å²) < 4.78 is 5.76. The highest BCUT2D eigenvalue weighted by Crippen LogP contribution is 2.27. The van der Waals surface area contributed by atoms with Gasteiger partial charge in [0.25, 0.3) is 0 Å². The fourth-order valence-electron chi connectivity index (χ4n) is 4.50. The van der Waals surface area contributed by atoms with E-state index < -0.39 is 12.1 Å². The van der Waals surface area contributed by atoms with Crippen LogP contribution in [0.1, 0.15) is 101 Å². The molecular formula is C33H71N5O6. The Hall–Kier alpha value is -2.08. The van der Waals surface area contributed by atoms with E-state index in [0.717, 1.165) is 39.2 Å². The van der Waals surface area contributed by atoms with Crippen LogP contribution in [-0.4, -0.2) is 118 Å². The second-order valence-electron chi connectivity index (χ2n) is 10.7. The quantitative estimate of drug-likeness (QED) is 0.201. The van der Waals surface area contributed by atoms with Gasteiger partial charge in [0.05, 0.1) is 31.2 Å². The Bertz CT molecular complexity index is 710. The maximum Gasteiger partial charge on any atom is 0.242 e. The van der Waals surface area contributed by atoms with E-state index in [1.54, 1.807) is 33.0 Å². The molecule has 6 unspecified atom stereocenters. The van der Waals surface area contributed by atoms with E-state index in [4.69, 9.17) is 9.84 Å². The van der Waals surface area contributed by atoms with Crippen molar-refractivity contribution in [2.24, 2.45) is 11.8 Å². The number of nitrogens with zero attached hydrogens (tertiary/aromatic N) is 2. The van der Waals surface area contributed by atoms with Gasteiger partial charge in [-0.2, -0.15) is 0 Å². The summed E-state index contributed by atoms with van der Waals surface area (Å²) in [6, 6.07) is -0.640. The van der Waals surface area contributed by atoms with Crippen LogP contribution in [0.3, 0.4) is 0 Å². The molecule has 1 saturated heterocycles. The molecular weight excluding hydrogens is 562 g/mol. The van der Waals surface area contributed by atoms with Crippen LogP contribution in [-0.2, 0) is 23.9 Å². The van der Waals surface area contributed by atoms with Crippen LogP contribution in [0.4, 0.5) is 0 Å². The van der Waals surface area contributed by atoms with Crippen LogP contribution in [0, 0.1) is 11.8 Å². The van der Waals surface area contributed by atoms with Crippen LogP contribution in [0.2, 0.25) is 0 Å². The molecule has 6 atom stereocenters. The van der Waals surface area contributed by atoms with Gasteiger partial charge in [-0.1, -0.05) is 68.2 Å². The van der Waals surface area contributed by atoms with Crippen molar-refractivity contribution in [2.45, 2.75) is 125 Å². The molecule has 0 aromatic rings. The van der Waals surface area contributed by atoms with Crippen LogP contribution in [0.5, 0.6) is 0 Å².